The first-order valence-electron chi connectivity index (χ1n) is 7.44. The van der Waals surface area contributed by atoms with Crippen molar-refractivity contribution in [1.29, 1.82) is 0 Å². The van der Waals surface area contributed by atoms with Gasteiger partial charge in [0.25, 0.3) is 0 Å². The van der Waals surface area contributed by atoms with Crippen molar-refractivity contribution in [3.8, 4) is 11.5 Å². The number of nitrogens with one attached hydrogen (secondary N) is 1. The molecule has 23 heavy (non-hydrogen) atoms. The SMILES string of the molecule is COc1cccc(CC2NCCc3cc(Cl)c(OC)cc32)c1.Cl. The van der Waals surface area contributed by atoms with Gasteiger partial charge in [0.05, 0.1) is 19.2 Å². The summed E-state index contributed by atoms with van der Waals surface area (Å²) in [5.74, 6) is 1.63. The average molecular weight is 354 g/mol. The molecule has 0 saturated heterocycles. The minimum Gasteiger partial charge on any atom is -0.497 e. The van der Waals surface area contributed by atoms with Crippen LogP contribution in [0.2, 0.25) is 5.02 Å². The number of benzene rings is 2. The van der Waals surface area contributed by atoms with Crippen LogP contribution in [-0.2, 0) is 12.8 Å². The number of halogens is 2. The zero-order valence-electron chi connectivity index (χ0n) is 13.3. The summed E-state index contributed by atoms with van der Waals surface area (Å²) in [6.07, 6.45) is 1.91. The van der Waals surface area contributed by atoms with Gasteiger partial charge in [-0.1, -0.05) is 23.7 Å². The monoisotopic (exact) mass is 353 g/mol. The lowest BCUT2D eigenvalue weighted by atomic mass is 9.90. The molecule has 0 spiro atoms. The van der Waals surface area contributed by atoms with Crippen molar-refractivity contribution in [3.63, 3.8) is 0 Å². The molecule has 0 saturated carbocycles. The van der Waals surface area contributed by atoms with Crippen LogP contribution in [0.3, 0.4) is 0 Å². The molecule has 1 N–H and O–H groups in total. The van der Waals surface area contributed by atoms with Gasteiger partial charge < -0.3 is 14.8 Å². The number of rotatable bonds is 4. The van der Waals surface area contributed by atoms with Crippen molar-refractivity contribution >= 4 is 24.0 Å². The summed E-state index contributed by atoms with van der Waals surface area (Å²) < 4.78 is 10.7. The molecule has 0 aliphatic carbocycles. The maximum atomic E-state index is 6.25. The van der Waals surface area contributed by atoms with Crippen molar-refractivity contribution < 1.29 is 9.47 Å². The molecule has 3 rings (SSSR count). The molecule has 1 aliphatic rings. The quantitative estimate of drug-likeness (QED) is 0.892. The molecule has 1 aliphatic heterocycles. The van der Waals surface area contributed by atoms with Crippen LogP contribution in [0, 0.1) is 0 Å². The van der Waals surface area contributed by atoms with E-state index in [-0.39, 0.29) is 18.4 Å². The second kappa shape index (κ2) is 7.91. The zero-order valence-corrected chi connectivity index (χ0v) is 14.8. The summed E-state index contributed by atoms with van der Waals surface area (Å²) in [7, 11) is 3.35. The third-order valence-corrected chi connectivity index (χ3v) is 4.44. The number of fused-ring (bicyclic) bond motifs is 1. The Bertz CT molecular complexity index is 676. The van der Waals surface area contributed by atoms with E-state index in [2.05, 4.69) is 23.5 Å². The summed E-state index contributed by atoms with van der Waals surface area (Å²) in [5.41, 5.74) is 3.83. The first-order valence-corrected chi connectivity index (χ1v) is 7.81. The maximum Gasteiger partial charge on any atom is 0.137 e. The van der Waals surface area contributed by atoms with Gasteiger partial charge in [-0.15, -0.1) is 12.4 Å². The fraction of sp³-hybridized carbons (Fsp3) is 0.333. The lowest BCUT2D eigenvalue weighted by molar-refractivity contribution is 0.410. The number of ether oxygens (including phenoxy) is 2. The first kappa shape index (κ1) is 17.9. The molecule has 2 aromatic rings. The summed E-state index contributed by atoms with van der Waals surface area (Å²) >= 11 is 6.25. The maximum absolute atomic E-state index is 6.25. The van der Waals surface area contributed by atoms with Gasteiger partial charge in [-0.3, -0.25) is 0 Å². The minimum absolute atomic E-state index is 0. The van der Waals surface area contributed by atoms with Gasteiger partial charge in [0, 0.05) is 6.04 Å². The second-order valence-corrected chi connectivity index (χ2v) is 5.91. The van der Waals surface area contributed by atoms with Crippen LogP contribution in [0.4, 0.5) is 0 Å². The van der Waals surface area contributed by atoms with Crippen LogP contribution in [-0.4, -0.2) is 20.8 Å². The molecule has 1 atom stereocenters. The Kier molecular flexibility index (Phi) is 6.17. The van der Waals surface area contributed by atoms with Crippen LogP contribution in [0.5, 0.6) is 11.5 Å². The standard InChI is InChI=1S/C18H20ClNO2.ClH/c1-21-14-5-3-4-12(8-14)9-17-15-11-18(22-2)16(19)10-13(15)6-7-20-17;/h3-5,8,10-11,17,20H,6-7,9H2,1-2H3;1H. The van der Waals surface area contributed by atoms with E-state index in [0.29, 0.717) is 5.02 Å². The molecule has 2 aromatic carbocycles. The fourth-order valence-corrected chi connectivity index (χ4v) is 3.28. The topological polar surface area (TPSA) is 30.5 Å². The van der Waals surface area contributed by atoms with Gasteiger partial charge >= 0.3 is 0 Å². The zero-order chi connectivity index (χ0) is 15.5. The average Bonchev–Trinajstić information content (AvgIpc) is 2.54. The van der Waals surface area contributed by atoms with Crippen molar-refractivity contribution in [1.82, 2.24) is 5.32 Å². The largest absolute Gasteiger partial charge is 0.497 e. The summed E-state index contributed by atoms with van der Waals surface area (Å²) in [4.78, 5) is 0. The molecule has 5 heteroatoms. The third-order valence-electron chi connectivity index (χ3n) is 4.15. The van der Waals surface area contributed by atoms with Gasteiger partial charge in [0.2, 0.25) is 0 Å². The predicted molar refractivity (Wildman–Crippen MR) is 96.4 cm³/mol. The molecular formula is C18H21Cl2NO2. The van der Waals surface area contributed by atoms with Crippen LogP contribution in [0.25, 0.3) is 0 Å². The molecule has 0 aromatic heterocycles. The van der Waals surface area contributed by atoms with Gasteiger partial charge in [0.15, 0.2) is 0 Å². The highest BCUT2D eigenvalue weighted by molar-refractivity contribution is 6.32. The Morgan fingerprint density at radius 3 is 2.74 bits per heavy atom. The van der Waals surface area contributed by atoms with E-state index in [1.807, 2.05) is 18.2 Å². The lowest BCUT2D eigenvalue weighted by Gasteiger charge is -2.28. The molecular weight excluding hydrogens is 333 g/mol. The van der Waals surface area contributed by atoms with E-state index >= 15 is 0 Å². The first-order chi connectivity index (χ1) is 10.7. The van der Waals surface area contributed by atoms with E-state index in [1.54, 1.807) is 14.2 Å². The summed E-state index contributed by atoms with van der Waals surface area (Å²) in [5, 5.41) is 4.28. The molecule has 1 unspecified atom stereocenters. The molecule has 3 nitrogen and oxygen atoms in total. The third kappa shape index (κ3) is 3.92. The summed E-state index contributed by atoms with van der Waals surface area (Å²) in [6.45, 7) is 0.963. The Balaban J connectivity index is 0.00000192. The van der Waals surface area contributed by atoms with Crippen molar-refractivity contribution in [2.75, 3.05) is 20.8 Å². The minimum atomic E-state index is 0. The van der Waals surface area contributed by atoms with Gasteiger partial charge in [-0.2, -0.15) is 0 Å². The van der Waals surface area contributed by atoms with E-state index in [9.17, 15) is 0 Å². The van der Waals surface area contributed by atoms with E-state index in [0.717, 1.165) is 30.9 Å². The second-order valence-electron chi connectivity index (χ2n) is 5.50. The van der Waals surface area contributed by atoms with Crippen molar-refractivity contribution in [3.05, 3.63) is 58.1 Å². The Morgan fingerprint density at radius 2 is 2.00 bits per heavy atom. The Labute approximate surface area is 148 Å². The highest BCUT2D eigenvalue weighted by Gasteiger charge is 2.22. The van der Waals surface area contributed by atoms with Crippen LogP contribution >= 0.6 is 24.0 Å². The Morgan fingerprint density at radius 1 is 1.17 bits per heavy atom. The van der Waals surface area contributed by atoms with Crippen molar-refractivity contribution in [2.24, 2.45) is 0 Å². The highest BCUT2D eigenvalue weighted by atomic mass is 35.5. The van der Waals surface area contributed by atoms with Crippen LogP contribution in [0.1, 0.15) is 22.7 Å². The smallest absolute Gasteiger partial charge is 0.137 e. The van der Waals surface area contributed by atoms with Crippen molar-refractivity contribution in [2.45, 2.75) is 18.9 Å². The van der Waals surface area contributed by atoms with Crippen LogP contribution < -0.4 is 14.8 Å². The van der Waals surface area contributed by atoms with E-state index in [4.69, 9.17) is 21.1 Å². The highest BCUT2D eigenvalue weighted by Crippen LogP contribution is 2.34. The van der Waals surface area contributed by atoms with Gasteiger partial charge in [0.1, 0.15) is 11.5 Å². The molecule has 124 valence electrons. The molecule has 0 radical (unpaired) electrons. The van der Waals surface area contributed by atoms with Gasteiger partial charge in [-0.25, -0.2) is 0 Å². The molecule has 0 fully saturated rings. The number of hydrogen-bond acceptors (Lipinski definition) is 3. The van der Waals surface area contributed by atoms with E-state index in [1.165, 1.54) is 16.7 Å². The fourth-order valence-electron chi connectivity index (χ4n) is 3.02. The van der Waals surface area contributed by atoms with E-state index < -0.39 is 0 Å². The number of hydrogen-bond donors (Lipinski definition) is 1. The number of methoxy groups -OCH3 is 2. The Hall–Kier alpha value is -1.42. The van der Waals surface area contributed by atoms with Gasteiger partial charge in [-0.05, 0) is 60.3 Å². The van der Waals surface area contributed by atoms with Crippen LogP contribution in [0.15, 0.2) is 36.4 Å². The predicted octanol–water partition coefficient (Wildman–Crippen LogP) is 4.21. The summed E-state index contributed by atoms with van der Waals surface area (Å²) in [6, 6.07) is 12.6. The lowest BCUT2D eigenvalue weighted by Crippen LogP contribution is -2.31. The normalized spacial score (nSPS) is 16.2. The molecule has 0 bridgehead atoms. The molecule has 0 amide bonds. The molecule has 1 heterocycles.